The van der Waals surface area contributed by atoms with Crippen LogP contribution in [0.5, 0.6) is 5.88 Å². The van der Waals surface area contributed by atoms with Crippen LogP contribution in [0.1, 0.15) is 17.0 Å². The highest BCUT2D eigenvalue weighted by Crippen LogP contribution is 2.12. The zero-order valence-electron chi connectivity index (χ0n) is 12.3. The molecule has 8 heteroatoms. The maximum Gasteiger partial charge on any atom is 0.388 e. The van der Waals surface area contributed by atoms with E-state index < -0.39 is 6.61 Å². The SMILES string of the molecule is O=c1c2c(ncn1Cc1cccc(OC(F)F)n1)CCNCC2. The summed E-state index contributed by atoms with van der Waals surface area (Å²) in [7, 11) is 0. The molecule has 3 heterocycles. The lowest BCUT2D eigenvalue weighted by atomic mass is 10.1. The van der Waals surface area contributed by atoms with Crippen LogP contribution >= 0.6 is 0 Å². The summed E-state index contributed by atoms with van der Waals surface area (Å²) in [4.78, 5) is 20.9. The molecule has 1 aliphatic heterocycles. The number of nitrogens with zero attached hydrogens (tertiary/aromatic N) is 3. The minimum Gasteiger partial charge on any atom is -0.417 e. The Morgan fingerprint density at radius 3 is 2.96 bits per heavy atom. The number of halogens is 2. The number of hydrogen-bond acceptors (Lipinski definition) is 5. The van der Waals surface area contributed by atoms with Crippen molar-refractivity contribution in [1.29, 1.82) is 0 Å². The molecule has 6 nitrogen and oxygen atoms in total. The van der Waals surface area contributed by atoms with Gasteiger partial charge in [0.15, 0.2) is 0 Å². The van der Waals surface area contributed by atoms with E-state index >= 15 is 0 Å². The summed E-state index contributed by atoms with van der Waals surface area (Å²) >= 11 is 0. The Balaban J connectivity index is 1.86. The Labute approximate surface area is 131 Å². The lowest BCUT2D eigenvalue weighted by Crippen LogP contribution is -2.27. The molecule has 0 aliphatic carbocycles. The first-order valence-corrected chi connectivity index (χ1v) is 7.32. The van der Waals surface area contributed by atoms with Gasteiger partial charge in [0, 0.05) is 24.6 Å². The van der Waals surface area contributed by atoms with Crippen LogP contribution in [0.4, 0.5) is 8.78 Å². The lowest BCUT2D eigenvalue weighted by molar-refractivity contribution is -0.0529. The number of fused-ring (bicyclic) bond motifs is 1. The van der Waals surface area contributed by atoms with E-state index in [2.05, 4.69) is 20.0 Å². The molecule has 0 bridgehead atoms. The van der Waals surface area contributed by atoms with Crippen molar-refractivity contribution in [2.24, 2.45) is 0 Å². The first kappa shape index (κ1) is 15.5. The maximum atomic E-state index is 12.5. The molecule has 0 unspecified atom stereocenters. The standard InChI is InChI=1S/C15H16F2N4O2/c16-15(17)23-13-3-1-2-10(20-13)8-21-9-19-12-5-7-18-6-4-11(12)14(21)22/h1-3,9,15,18H,4-8H2. The summed E-state index contributed by atoms with van der Waals surface area (Å²) in [5, 5.41) is 3.23. The van der Waals surface area contributed by atoms with Crippen molar-refractivity contribution in [2.45, 2.75) is 26.0 Å². The third-order valence-electron chi connectivity index (χ3n) is 3.63. The van der Waals surface area contributed by atoms with E-state index in [4.69, 9.17) is 0 Å². The van der Waals surface area contributed by atoms with Crippen LogP contribution in [0.15, 0.2) is 29.3 Å². The van der Waals surface area contributed by atoms with Crippen LogP contribution in [0.2, 0.25) is 0 Å². The van der Waals surface area contributed by atoms with Crippen LogP contribution in [0, 0.1) is 0 Å². The molecule has 23 heavy (non-hydrogen) atoms. The first-order chi connectivity index (χ1) is 11.1. The Hall–Kier alpha value is -2.35. The molecule has 122 valence electrons. The van der Waals surface area contributed by atoms with Gasteiger partial charge in [-0.2, -0.15) is 8.78 Å². The molecule has 1 aliphatic rings. The van der Waals surface area contributed by atoms with Gasteiger partial charge in [0.25, 0.3) is 5.56 Å². The highest BCUT2D eigenvalue weighted by atomic mass is 19.3. The monoisotopic (exact) mass is 322 g/mol. The second-order valence-corrected chi connectivity index (χ2v) is 5.20. The van der Waals surface area contributed by atoms with Crippen LogP contribution in [0.25, 0.3) is 0 Å². The molecule has 3 rings (SSSR count). The fraction of sp³-hybridized carbons (Fsp3) is 0.400. The molecule has 0 aromatic carbocycles. The van der Waals surface area contributed by atoms with Gasteiger partial charge in [-0.1, -0.05) is 6.07 Å². The summed E-state index contributed by atoms with van der Waals surface area (Å²) in [6.45, 7) is -1.23. The van der Waals surface area contributed by atoms with Gasteiger partial charge < -0.3 is 10.1 Å². The van der Waals surface area contributed by atoms with Gasteiger partial charge in [-0.15, -0.1) is 0 Å². The van der Waals surface area contributed by atoms with Crippen molar-refractivity contribution in [3.8, 4) is 5.88 Å². The van der Waals surface area contributed by atoms with E-state index in [9.17, 15) is 13.6 Å². The number of ether oxygens (including phenoxy) is 1. The summed E-state index contributed by atoms with van der Waals surface area (Å²) < 4.78 is 30.2. The van der Waals surface area contributed by atoms with Gasteiger partial charge in [-0.25, -0.2) is 9.97 Å². The largest absolute Gasteiger partial charge is 0.417 e. The van der Waals surface area contributed by atoms with Gasteiger partial charge in [0.2, 0.25) is 5.88 Å². The molecule has 0 atom stereocenters. The minimum absolute atomic E-state index is 0.110. The smallest absolute Gasteiger partial charge is 0.388 e. The second-order valence-electron chi connectivity index (χ2n) is 5.20. The molecule has 1 N–H and O–H groups in total. The third-order valence-corrected chi connectivity index (χ3v) is 3.63. The van der Waals surface area contributed by atoms with E-state index in [1.165, 1.54) is 17.0 Å². The number of rotatable bonds is 4. The van der Waals surface area contributed by atoms with Crippen molar-refractivity contribution >= 4 is 0 Å². The highest BCUT2D eigenvalue weighted by Gasteiger charge is 2.15. The van der Waals surface area contributed by atoms with Crippen LogP contribution in [-0.4, -0.2) is 34.2 Å². The zero-order chi connectivity index (χ0) is 16.2. The van der Waals surface area contributed by atoms with E-state index in [0.717, 1.165) is 25.2 Å². The van der Waals surface area contributed by atoms with Crippen molar-refractivity contribution in [1.82, 2.24) is 19.9 Å². The van der Waals surface area contributed by atoms with Gasteiger partial charge in [-0.3, -0.25) is 9.36 Å². The quantitative estimate of drug-likeness (QED) is 0.909. The zero-order valence-corrected chi connectivity index (χ0v) is 12.3. The van der Waals surface area contributed by atoms with Crippen LogP contribution in [-0.2, 0) is 19.4 Å². The van der Waals surface area contributed by atoms with Gasteiger partial charge in [0.1, 0.15) is 0 Å². The van der Waals surface area contributed by atoms with E-state index in [1.807, 2.05) is 0 Å². The van der Waals surface area contributed by atoms with E-state index in [0.29, 0.717) is 17.7 Å². The van der Waals surface area contributed by atoms with Crippen LogP contribution in [0.3, 0.4) is 0 Å². The molecule has 0 saturated heterocycles. The predicted molar refractivity (Wildman–Crippen MR) is 78.7 cm³/mol. The van der Waals surface area contributed by atoms with E-state index in [-0.39, 0.29) is 18.0 Å². The predicted octanol–water partition coefficient (Wildman–Crippen LogP) is 0.976. The Morgan fingerprint density at radius 1 is 1.30 bits per heavy atom. The first-order valence-electron chi connectivity index (χ1n) is 7.32. The molecular weight excluding hydrogens is 306 g/mol. The molecular formula is C15H16F2N4O2. The molecule has 0 radical (unpaired) electrons. The number of alkyl halides is 2. The number of aromatic nitrogens is 3. The molecule has 2 aromatic rings. The fourth-order valence-electron chi connectivity index (χ4n) is 2.57. The summed E-state index contributed by atoms with van der Waals surface area (Å²) in [5.41, 5.74) is 1.87. The number of hydrogen-bond donors (Lipinski definition) is 1. The van der Waals surface area contributed by atoms with Crippen LogP contribution < -0.4 is 15.6 Å². The summed E-state index contributed by atoms with van der Waals surface area (Å²) in [6, 6.07) is 4.56. The molecule has 0 amide bonds. The minimum atomic E-state index is -2.93. The summed E-state index contributed by atoms with van der Waals surface area (Å²) in [5.74, 6) is -0.169. The maximum absolute atomic E-state index is 12.5. The van der Waals surface area contributed by atoms with Gasteiger partial charge >= 0.3 is 6.61 Å². The topological polar surface area (TPSA) is 69.0 Å². The second kappa shape index (κ2) is 6.82. The lowest BCUT2D eigenvalue weighted by Gasteiger charge is -2.10. The normalized spacial score (nSPS) is 14.4. The van der Waals surface area contributed by atoms with Gasteiger partial charge in [-0.05, 0) is 19.0 Å². The highest BCUT2D eigenvalue weighted by molar-refractivity contribution is 5.21. The average molecular weight is 322 g/mol. The van der Waals surface area contributed by atoms with Crippen molar-refractivity contribution in [2.75, 3.05) is 13.1 Å². The molecule has 0 spiro atoms. The van der Waals surface area contributed by atoms with Crippen molar-refractivity contribution < 1.29 is 13.5 Å². The molecule has 0 saturated carbocycles. The van der Waals surface area contributed by atoms with Crippen molar-refractivity contribution in [3.63, 3.8) is 0 Å². The Kier molecular flexibility index (Phi) is 4.61. The van der Waals surface area contributed by atoms with Crippen molar-refractivity contribution in [3.05, 3.63) is 51.8 Å². The number of pyridine rings is 1. The molecule has 0 fully saturated rings. The van der Waals surface area contributed by atoms with Gasteiger partial charge in [0.05, 0.1) is 24.3 Å². The Bertz CT molecular complexity index is 748. The van der Waals surface area contributed by atoms with E-state index in [1.54, 1.807) is 12.1 Å². The average Bonchev–Trinajstić information content (AvgIpc) is 2.76. The third kappa shape index (κ3) is 3.70. The Morgan fingerprint density at radius 2 is 2.13 bits per heavy atom. The number of nitrogens with one attached hydrogen (secondary N) is 1. The fourth-order valence-corrected chi connectivity index (χ4v) is 2.57. The molecule has 2 aromatic heterocycles. The summed E-state index contributed by atoms with van der Waals surface area (Å²) in [6.07, 6.45) is 2.83.